The molecule has 2 N–H and O–H groups in total. The van der Waals surface area contributed by atoms with Crippen LogP contribution in [0.2, 0.25) is 5.02 Å². The molecule has 0 aliphatic carbocycles. The van der Waals surface area contributed by atoms with Gasteiger partial charge in [-0.05, 0) is 36.5 Å². The minimum absolute atomic E-state index is 0.0122. The average Bonchev–Trinajstić information content (AvgIpc) is 2.57. The molecule has 1 aromatic heterocycles. The predicted molar refractivity (Wildman–Crippen MR) is 88.6 cm³/mol. The molecular formula is C17H20ClF2N3O. The summed E-state index contributed by atoms with van der Waals surface area (Å²) in [4.78, 5) is 3.85. The Balaban J connectivity index is 1.74. The second-order valence-electron chi connectivity index (χ2n) is 6.53. The molecule has 1 fully saturated rings. The van der Waals surface area contributed by atoms with Gasteiger partial charge >= 0.3 is 0 Å². The standard InChI is InChI=1S/C17H20ClF2N3O/c1-16(5-8-24-9-6-16)11-22-15-14(19)2-4-17(20,23-15)12-3-7-21-10-13(12)18/h2-4,7,10,22-23H,5-6,8-9,11H2,1H3. The predicted octanol–water partition coefficient (Wildman–Crippen LogP) is 3.56. The third kappa shape index (κ3) is 3.54. The van der Waals surface area contributed by atoms with Crippen molar-refractivity contribution >= 4 is 11.6 Å². The van der Waals surface area contributed by atoms with E-state index >= 15 is 4.39 Å². The molecule has 7 heteroatoms. The molecule has 3 rings (SSSR count). The van der Waals surface area contributed by atoms with Crippen molar-refractivity contribution in [1.29, 1.82) is 0 Å². The highest BCUT2D eigenvalue weighted by Crippen LogP contribution is 2.35. The Morgan fingerprint density at radius 3 is 2.88 bits per heavy atom. The van der Waals surface area contributed by atoms with E-state index in [2.05, 4.69) is 22.5 Å². The van der Waals surface area contributed by atoms with Gasteiger partial charge in [-0.2, -0.15) is 0 Å². The highest BCUT2D eigenvalue weighted by atomic mass is 35.5. The molecule has 0 radical (unpaired) electrons. The van der Waals surface area contributed by atoms with Gasteiger partial charge in [0.2, 0.25) is 5.79 Å². The van der Waals surface area contributed by atoms with Crippen LogP contribution in [-0.2, 0) is 10.5 Å². The first-order valence-electron chi connectivity index (χ1n) is 7.90. The van der Waals surface area contributed by atoms with Gasteiger partial charge in [-0.1, -0.05) is 18.5 Å². The number of nitrogens with one attached hydrogen (secondary N) is 2. The number of ether oxygens (including phenoxy) is 1. The van der Waals surface area contributed by atoms with E-state index in [9.17, 15) is 4.39 Å². The fraction of sp³-hybridized carbons (Fsp3) is 0.471. The third-order valence-electron chi connectivity index (χ3n) is 4.56. The van der Waals surface area contributed by atoms with Crippen LogP contribution in [-0.4, -0.2) is 24.7 Å². The van der Waals surface area contributed by atoms with Crippen LogP contribution in [0.15, 0.2) is 42.3 Å². The molecule has 0 bridgehead atoms. The van der Waals surface area contributed by atoms with Crippen molar-refractivity contribution in [3.63, 3.8) is 0 Å². The fourth-order valence-electron chi connectivity index (χ4n) is 2.85. The Morgan fingerprint density at radius 1 is 1.42 bits per heavy atom. The molecule has 24 heavy (non-hydrogen) atoms. The Kier molecular flexibility index (Phi) is 4.78. The Hall–Kier alpha value is -1.66. The van der Waals surface area contributed by atoms with E-state index in [0.29, 0.717) is 19.8 Å². The van der Waals surface area contributed by atoms with Gasteiger partial charge in [-0.15, -0.1) is 0 Å². The number of aromatic nitrogens is 1. The second kappa shape index (κ2) is 6.69. The number of hydrogen-bond acceptors (Lipinski definition) is 4. The van der Waals surface area contributed by atoms with E-state index in [4.69, 9.17) is 16.3 Å². The van der Waals surface area contributed by atoms with Crippen LogP contribution < -0.4 is 10.6 Å². The van der Waals surface area contributed by atoms with Crippen LogP contribution in [0.1, 0.15) is 25.3 Å². The lowest BCUT2D eigenvalue weighted by Crippen LogP contribution is -2.46. The van der Waals surface area contributed by atoms with Crippen molar-refractivity contribution in [1.82, 2.24) is 15.6 Å². The smallest absolute Gasteiger partial charge is 0.228 e. The van der Waals surface area contributed by atoms with Crippen LogP contribution in [0.3, 0.4) is 0 Å². The lowest BCUT2D eigenvalue weighted by Gasteiger charge is -2.36. The van der Waals surface area contributed by atoms with Gasteiger partial charge in [-0.25, -0.2) is 8.78 Å². The highest BCUT2D eigenvalue weighted by Gasteiger charge is 2.36. The third-order valence-corrected chi connectivity index (χ3v) is 4.86. The van der Waals surface area contributed by atoms with Crippen LogP contribution >= 0.6 is 11.6 Å². The Morgan fingerprint density at radius 2 is 2.17 bits per heavy atom. The number of allylic oxidation sites excluding steroid dienone is 2. The summed E-state index contributed by atoms with van der Waals surface area (Å²) in [5.74, 6) is -2.60. The molecular weight excluding hydrogens is 336 g/mol. The lowest BCUT2D eigenvalue weighted by molar-refractivity contribution is 0.0244. The molecule has 3 heterocycles. The first-order valence-corrected chi connectivity index (χ1v) is 8.27. The molecule has 1 unspecified atom stereocenters. The van der Waals surface area contributed by atoms with E-state index in [1.54, 1.807) is 0 Å². The van der Waals surface area contributed by atoms with Crippen molar-refractivity contribution in [3.05, 3.63) is 52.8 Å². The minimum Gasteiger partial charge on any atom is -0.381 e. The van der Waals surface area contributed by atoms with Crippen LogP contribution in [0, 0.1) is 5.41 Å². The molecule has 0 aromatic carbocycles. The van der Waals surface area contributed by atoms with Gasteiger partial charge in [0, 0.05) is 37.7 Å². The molecule has 4 nitrogen and oxygen atoms in total. The van der Waals surface area contributed by atoms with E-state index in [0.717, 1.165) is 25.0 Å². The number of rotatable bonds is 4. The zero-order chi connectivity index (χ0) is 17.2. The van der Waals surface area contributed by atoms with E-state index in [1.807, 2.05) is 0 Å². The van der Waals surface area contributed by atoms with Gasteiger partial charge in [-0.3, -0.25) is 4.98 Å². The zero-order valence-corrected chi connectivity index (χ0v) is 14.2. The van der Waals surface area contributed by atoms with Crippen LogP contribution in [0.25, 0.3) is 0 Å². The number of nitrogens with zero attached hydrogens (tertiary/aromatic N) is 1. The molecule has 0 saturated carbocycles. The Labute approximate surface area is 144 Å². The number of alkyl halides is 1. The molecule has 1 saturated heterocycles. The maximum atomic E-state index is 15.3. The highest BCUT2D eigenvalue weighted by molar-refractivity contribution is 6.31. The molecule has 1 atom stereocenters. The quantitative estimate of drug-likeness (QED) is 0.811. The normalized spacial score (nSPS) is 26.2. The van der Waals surface area contributed by atoms with Gasteiger partial charge < -0.3 is 15.4 Å². The molecule has 0 spiro atoms. The second-order valence-corrected chi connectivity index (χ2v) is 6.93. The summed E-state index contributed by atoms with van der Waals surface area (Å²) in [6, 6.07) is 1.47. The van der Waals surface area contributed by atoms with E-state index in [1.165, 1.54) is 18.5 Å². The number of dihydropyridines is 1. The lowest BCUT2D eigenvalue weighted by atomic mass is 9.82. The van der Waals surface area contributed by atoms with Crippen molar-refractivity contribution in [3.8, 4) is 0 Å². The Bertz CT molecular complexity index is 674. The van der Waals surface area contributed by atoms with Crippen molar-refractivity contribution < 1.29 is 13.5 Å². The van der Waals surface area contributed by atoms with Gasteiger partial charge in [0.05, 0.1) is 5.02 Å². The van der Waals surface area contributed by atoms with Gasteiger partial charge in [0.25, 0.3) is 0 Å². The van der Waals surface area contributed by atoms with E-state index in [-0.39, 0.29) is 21.8 Å². The summed E-state index contributed by atoms with van der Waals surface area (Å²) in [5.41, 5.74) is 0.182. The minimum atomic E-state index is -2.09. The van der Waals surface area contributed by atoms with Gasteiger partial charge in [0.1, 0.15) is 5.82 Å². The van der Waals surface area contributed by atoms with E-state index < -0.39 is 11.6 Å². The largest absolute Gasteiger partial charge is 0.381 e. The molecule has 2 aliphatic rings. The summed E-state index contributed by atoms with van der Waals surface area (Å²) in [5, 5.41) is 5.78. The summed E-state index contributed by atoms with van der Waals surface area (Å²) >= 11 is 6.03. The van der Waals surface area contributed by atoms with Crippen molar-refractivity contribution in [2.75, 3.05) is 19.8 Å². The maximum Gasteiger partial charge on any atom is 0.228 e. The summed E-state index contributed by atoms with van der Waals surface area (Å²) < 4.78 is 34.8. The first kappa shape index (κ1) is 17.2. The zero-order valence-electron chi connectivity index (χ0n) is 13.4. The maximum absolute atomic E-state index is 15.3. The molecule has 2 aliphatic heterocycles. The van der Waals surface area contributed by atoms with Crippen molar-refractivity contribution in [2.45, 2.75) is 25.6 Å². The monoisotopic (exact) mass is 355 g/mol. The average molecular weight is 356 g/mol. The SMILES string of the molecule is CC1(CNC2=C(F)C=CC(F)(c3ccncc3Cl)N2)CCOCC1. The summed E-state index contributed by atoms with van der Waals surface area (Å²) in [6.45, 7) is 4.02. The summed E-state index contributed by atoms with van der Waals surface area (Å²) in [7, 11) is 0. The fourth-order valence-corrected chi connectivity index (χ4v) is 3.11. The van der Waals surface area contributed by atoms with Crippen LogP contribution in [0.5, 0.6) is 0 Å². The number of pyridine rings is 1. The molecule has 0 amide bonds. The topological polar surface area (TPSA) is 46.2 Å². The summed E-state index contributed by atoms with van der Waals surface area (Å²) in [6.07, 6.45) is 6.79. The van der Waals surface area contributed by atoms with Gasteiger partial charge in [0.15, 0.2) is 5.83 Å². The van der Waals surface area contributed by atoms with Crippen molar-refractivity contribution in [2.24, 2.45) is 5.41 Å². The van der Waals surface area contributed by atoms with Crippen LogP contribution in [0.4, 0.5) is 8.78 Å². The number of halogens is 3. The number of hydrogen-bond donors (Lipinski definition) is 2. The molecule has 130 valence electrons. The molecule has 1 aromatic rings. The first-order chi connectivity index (χ1) is 11.4.